The van der Waals surface area contributed by atoms with Gasteiger partial charge in [-0.2, -0.15) is 0 Å². The Hall–Kier alpha value is -1.39. The molecular weight excluding hydrogens is 276 g/mol. The van der Waals surface area contributed by atoms with Crippen molar-refractivity contribution in [2.45, 2.75) is 45.3 Å². The zero-order chi connectivity index (χ0) is 15.9. The summed E-state index contributed by atoms with van der Waals surface area (Å²) in [5.74, 6) is 0.269. The monoisotopic (exact) mass is 304 g/mol. The van der Waals surface area contributed by atoms with E-state index < -0.39 is 0 Å². The second kappa shape index (κ2) is 8.30. The molecule has 1 aliphatic rings. The highest BCUT2D eigenvalue weighted by molar-refractivity contribution is 5.82. The van der Waals surface area contributed by atoms with Gasteiger partial charge in [0.15, 0.2) is 0 Å². The Labute approximate surface area is 133 Å². The Morgan fingerprint density at radius 2 is 1.91 bits per heavy atom. The number of ether oxygens (including phenoxy) is 1. The fourth-order valence-electron chi connectivity index (χ4n) is 2.73. The molecule has 2 N–H and O–H groups in total. The van der Waals surface area contributed by atoms with Crippen molar-refractivity contribution >= 4 is 5.91 Å². The van der Waals surface area contributed by atoms with Crippen LogP contribution >= 0.6 is 0 Å². The molecule has 1 aromatic rings. The summed E-state index contributed by atoms with van der Waals surface area (Å²) < 4.78 is 5.95. The minimum absolute atomic E-state index is 0.0812. The van der Waals surface area contributed by atoms with Gasteiger partial charge in [0.1, 0.15) is 0 Å². The van der Waals surface area contributed by atoms with E-state index in [2.05, 4.69) is 24.3 Å². The number of carbonyl (C=O) groups is 1. The summed E-state index contributed by atoms with van der Waals surface area (Å²) in [5.41, 5.74) is 7.25. The van der Waals surface area contributed by atoms with Crippen molar-refractivity contribution in [1.29, 1.82) is 0 Å². The van der Waals surface area contributed by atoms with Crippen molar-refractivity contribution in [2.24, 2.45) is 11.7 Å². The number of hydrogen-bond donors (Lipinski definition) is 1. The second-order valence-corrected chi connectivity index (χ2v) is 6.40. The summed E-state index contributed by atoms with van der Waals surface area (Å²) in [6, 6.07) is 10.00. The molecule has 0 radical (unpaired) electrons. The molecule has 4 heteroatoms. The normalized spacial score (nSPS) is 17.7. The molecule has 122 valence electrons. The van der Waals surface area contributed by atoms with E-state index in [9.17, 15) is 4.79 Å². The van der Waals surface area contributed by atoms with Gasteiger partial charge in [-0.1, -0.05) is 44.2 Å². The van der Waals surface area contributed by atoms with Crippen LogP contribution in [0.4, 0.5) is 0 Å². The van der Waals surface area contributed by atoms with Crippen molar-refractivity contribution in [3.8, 4) is 0 Å². The number of nitrogens with two attached hydrogens (primary N) is 1. The first-order valence-corrected chi connectivity index (χ1v) is 8.28. The Morgan fingerprint density at radius 1 is 1.27 bits per heavy atom. The number of likely N-dealkylation sites (tertiary alicyclic amines) is 1. The van der Waals surface area contributed by atoms with Gasteiger partial charge in [-0.3, -0.25) is 4.79 Å². The number of nitrogens with zero attached hydrogens (tertiary/aromatic N) is 1. The summed E-state index contributed by atoms with van der Waals surface area (Å²) in [5, 5.41) is 0. The molecular formula is C18H28N2O2. The van der Waals surface area contributed by atoms with Gasteiger partial charge >= 0.3 is 0 Å². The van der Waals surface area contributed by atoms with Gasteiger partial charge in [0.2, 0.25) is 5.91 Å². The molecule has 2 rings (SSSR count). The highest BCUT2D eigenvalue weighted by atomic mass is 16.5. The Balaban J connectivity index is 1.68. The van der Waals surface area contributed by atoms with Gasteiger partial charge in [-0.15, -0.1) is 0 Å². The van der Waals surface area contributed by atoms with Gasteiger partial charge in [0.05, 0.1) is 18.8 Å². The minimum atomic E-state index is -0.379. The maximum absolute atomic E-state index is 12.2. The molecule has 22 heavy (non-hydrogen) atoms. The van der Waals surface area contributed by atoms with E-state index in [4.69, 9.17) is 10.5 Å². The van der Waals surface area contributed by atoms with E-state index >= 15 is 0 Å². The molecule has 0 aliphatic carbocycles. The first-order valence-electron chi connectivity index (χ1n) is 8.28. The lowest BCUT2D eigenvalue weighted by molar-refractivity contribution is -0.136. The predicted octanol–water partition coefficient (Wildman–Crippen LogP) is 2.22. The van der Waals surface area contributed by atoms with Crippen LogP contribution in [0.1, 0.15) is 32.3 Å². The van der Waals surface area contributed by atoms with E-state index in [-0.39, 0.29) is 24.0 Å². The first-order chi connectivity index (χ1) is 10.6. The summed E-state index contributed by atoms with van der Waals surface area (Å²) in [4.78, 5) is 14.1. The summed E-state index contributed by atoms with van der Waals surface area (Å²) >= 11 is 0. The van der Waals surface area contributed by atoms with Gasteiger partial charge in [0.25, 0.3) is 0 Å². The van der Waals surface area contributed by atoms with Crippen LogP contribution in [0.2, 0.25) is 0 Å². The van der Waals surface area contributed by atoms with Crippen molar-refractivity contribution in [3.05, 3.63) is 35.9 Å². The minimum Gasteiger partial charge on any atom is -0.378 e. The van der Waals surface area contributed by atoms with Crippen LogP contribution in [0.3, 0.4) is 0 Å². The second-order valence-electron chi connectivity index (χ2n) is 6.40. The van der Waals surface area contributed by atoms with E-state index in [1.54, 1.807) is 0 Å². The maximum atomic E-state index is 12.2. The molecule has 1 heterocycles. The SMILES string of the molecule is CC(C)[C@H](N)C(=O)N1CCC(OCCc2ccccc2)CC1. The smallest absolute Gasteiger partial charge is 0.239 e. The van der Waals surface area contributed by atoms with Crippen LogP contribution in [0.25, 0.3) is 0 Å². The molecule has 0 aromatic heterocycles. The summed E-state index contributed by atoms with van der Waals surface area (Å²) in [6.45, 7) is 6.24. The molecule has 1 amide bonds. The zero-order valence-electron chi connectivity index (χ0n) is 13.7. The van der Waals surface area contributed by atoms with Gasteiger partial charge in [-0.25, -0.2) is 0 Å². The average molecular weight is 304 g/mol. The van der Waals surface area contributed by atoms with E-state index in [0.717, 1.165) is 39.0 Å². The van der Waals surface area contributed by atoms with Gasteiger partial charge in [0, 0.05) is 13.1 Å². The van der Waals surface area contributed by atoms with Crippen LogP contribution < -0.4 is 5.73 Å². The summed E-state index contributed by atoms with van der Waals surface area (Å²) in [7, 11) is 0. The van der Waals surface area contributed by atoms with Crippen molar-refractivity contribution in [2.75, 3.05) is 19.7 Å². The Kier molecular flexibility index (Phi) is 6.40. The fourth-order valence-corrected chi connectivity index (χ4v) is 2.73. The standard InChI is InChI=1S/C18H28N2O2/c1-14(2)17(19)18(21)20-11-8-16(9-12-20)22-13-10-15-6-4-3-5-7-15/h3-7,14,16-17H,8-13,19H2,1-2H3/t17-/m0/s1. The molecule has 1 aromatic carbocycles. The lowest BCUT2D eigenvalue weighted by Gasteiger charge is -2.34. The molecule has 0 saturated carbocycles. The zero-order valence-corrected chi connectivity index (χ0v) is 13.7. The topological polar surface area (TPSA) is 55.6 Å². The summed E-state index contributed by atoms with van der Waals surface area (Å²) in [6.07, 6.45) is 3.03. The van der Waals surface area contributed by atoms with Crippen molar-refractivity contribution in [1.82, 2.24) is 4.90 Å². The third kappa shape index (κ3) is 4.82. The highest BCUT2D eigenvalue weighted by Gasteiger charge is 2.27. The third-order valence-electron chi connectivity index (χ3n) is 4.34. The highest BCUT2D eigenvalue weighted by Crippen LogP contribution is 2.16. The number of benzene rings is 1. The lowest BCUT2D eigenvalue weighted by Crippen LogP contribution is -2.50. The van der Waals surface area contributed by atoms with Crippen LogP contribution in [0, 0.1) is 5.92 Å². The van der Waals surface area contributed by atoms with Crippen molar-refractivity contribution in [3.63, 3.8) is 0 Å². The molecule has 1 fully saturated rings. The number of piperidine rings is 1. The number of carbonyl (C=O) groups excluding carboxylic acids is 1. The van der Waals surface area contributed by atoms with E-state index in [1.165, 1.54) is 5.56 Å². The molecule has 4 nitrogen and oxygen atoms in total. The number of hydrogen-bond acceptors (Lipinski definition) is 3. The first kappa shape index (κ1) is 17.0. The number of rotatable bonds is 6. The molecule has 0 spiro atoms. The van der Waals surface area contributed by atoms with E-state index in [1.807, 2.05) is 24.8 Å². The molecule has 0 unspecified atom stereocenters. The van der Waals surface area contributed by atoms with Gasteiger partial charge in [-0.05, 0) is 30.7 Å². The van der Waals surface area contributed by atoms with E-state index in [0.29, 0.717) is 0 Å². The molecule has 0 bridgehead atoms. The molecule has 1 aliphatic heterocycles. The lowest BCUT2D eigenvalue weighted by atomic mass is 10.0. The Morgan fingerprint density at radius 3 is 2.50 bits per heavy atom. The molecule has 1 saturated heterocycles. The predicted molar refractivity (Wildman–Crippen MR) is 88.5 cm³/mol. The molecule has 1 atom stereocenters. The third-order valence-corrected chi connectivity index (χ3v) is 4.34. The van der Waals surface area contributed by atoms with Crippen LogP contribution in [0.15, 0.2) is 30.3 Å². The van der Waals surface area contributed by atoms with Crippen LogP contribution in [-0.2, 0) is 16.0 Å². The van der Waals surface area contributed by atoms with Crippen LogP contribution in [-0.4, -0.2) is 42.6 Å². The maximum Gasteiger partial charge on any atom is 0.239 e. The van der Waals surface area contributed by atoms with Crippen LogP contribution in [0.5, 0.6) is 0 Å². The number of amides is 1. The Bertz CT molecular complexity index is 453. The van der Waals surface area contributed by atoms with Gasteiger partial charge < -0.3 is 15.4 Å². The van der Waals surface area contributed by atoms with Crippen molar-refractivity contribution < 1.29 is 9.53 Å². The average Bonchev–Trinajstić information content (AvgIpc) is 2.55. The largest absolute Gasteiger partial charge is 0.378 e. The fraction of sp³-hybridized carbons (Fsp3) is 0.611. The quantitative estimate of drug-likeness (QED) is 0.877.